The normalized spacial score (nSPS) is 11.9. The molecule has 1 nitrogen and oxygen atoms in total. The third kappa shape index (κ3) is 3.61. The molecule has 0 aromatic heterocycles. The molecule has 0 aliphatic rings. The third-order valence-corrected chi connectivity index (χ3v) is 2.40. The number of benzene rings is 1. The second-order valence-corrected chi connectivity index (χ2v) is 3.84. The summed E-state index contributed by atoms with van der Waals surface area (Å²) < 4.78 is 10.8. The van der Waals surface area contributed by atoms with Crippen LogP contribution < -0.4 is 0 Å². The fourth-order valence-corrected chi connectivity index (χ4v) is 1.31. The summed E-state index contributed by atoms with van der Waals surface area (Å²) in [6, 6.07) is 7.30. The van der Waals surface area contributed by atoms with E-state index in [1.807, 2.05) is 24.3 Å². The van der Waals surface area contributed by atoms with Gasteiger partial charge in [-0.25, -0.2) is 0 Å². The van der Waals surface area contributed by atoms with Crippen molar-refractivity contribution < 1.29 is 24.0 Å². The van der Waals surface area contributed by atoms with E-state index in [2.05, 4.69) is 12.6 Å². The topological polar surface area (TPSA) is 23.1 Å². The van der Waals surface area contributed by atoms with Gasteiger partial charge in [0.2, 0.25) is 0 Å². The van der Waals surface area contributed by atoms with Gasteiger partial charge in [0.05, 0.1) is 0 Å². The molecule has 0 amide bonds. The minimum absolute atomic E-state index is 0. The summed E-state index contributed by atoms with van der Waals surface area (Å²) in [6.07, 6.45) is 1.66. The van der Waals surface area contributed by atoms with Gasteiger partial charge in [0.1, 0.15) is 6.26 Å². The molecule has 0 saturated heterocycles. The van der Waals surface area contributed by atoms with Crippen molar-refractivity contribution in [3.63, 3.8) is 0 Å². The Morgan fingerprint density at radius 2 is 1.73 bits per heavy atom. The Balaban J connectivity index is 0.000001000. The van der Waals surface area contributed by atoms with Crippen LogP contribution in [0.15, 0.2) is 34.1 Å². The molecule has 0 N–H and O–H groups in total. The summed E-state index contributed by atoms with van der Waals surface area (Å²) in [6.45, 7) is 0. The van der Waals surface area contributed by atoms with E-state index >= 15 is 0 Å². The monoisotopic (exact) mass is 236 g/mol. The van der Waals surface area contributed by atoms with Crippen LogP contribution in [0.4, 0.5) is 0 Å². The number of rotatable bonds is 1. The molecule has 0 radical (unpaired) electrons. The van der Waals surface area contributed by atoms with Crippen molar-refractivity contribution in [1.29, 1.82) is 0 Å². The number of thiol groups is 1. The first-order chi connectivity index (χ1) is 4.70. The minimum Gasteiger partial charge on any atom is -0.612 e. The van der Waals surface area contributed by atoms with Gasteiger partial charge in [-0.05, 0) is 35.4 Å². The van der Waals surface area contributed by atoms with Gasteiger partial charge in [-0.3, -0.25) is 0 Å². The van der Waals surface area contributed by atoms with Gasteiger partial charge >= 0.3 is 0 Å². The Labute approximate surface area is 87.9 Å². The summed E-state index contributed by atoms with van der Waals surface area (Å²) in [4.78, 5) is 1.74. The van der Waals surface area contributed by atoms with Gasteiger partial charge in [-0.15, -0.1) is 12.6 Å². The fourth-order valence-electron chi connectivity index (χ4n) is 0.638. The maximum Gasteiger partial charge on any atom is 0.152 e. The van der Waals surface area contributed by atoms with Crippen LogP contribution in [0, 0.1) is 0 Å². The van der Waals surface area contributed by atoms with Gasteiger partial charge in [0, 0.05) is 24.4 Å². The van der Waals surface area contributed by atoms with Crippen molar-refractivity contribution in [3.8, 4) is 0 Å². The Morgan fingerprint density at radius 1 is 1.27 bits per heavy atom. The van der Waals surface area contributed by atoms with E-state index in [1.165, 1.54) is 0 Å². The van der Waals surface area contributed by atoms with E-state index in [1.54, 1.807) is 6.26 Å². The average molecular weight is 238 g/mol. The fraction of sp³-hybridized carbons (Fsp3) is 0.143. The van der Waals surface area contributed by atoms with Gasteiger partial charge in [0.15, 0.2) is 4.90 Å². The van der Waals surface area contributed by atoms with Crippen molar-refractivity contribution in [2.45, 2.75) is 9.79 Å². The second kappa shape index (κ2) is 5.20. The molecule has 0 aliphatic heterocycles. The van der Waals surface area contributed by atoms with E-state index in [9.17, 15) is 4.55 Å². The summed E-state index contributed by atoms with van der Waals surface area (Å²) in [5.41, 5.74) is 0. The molecule has 0 saturated carbocycles. The van der Waals surface area contributed by atoms with Crippen molar-refractivity contribution in [2.75, 3.05) is 6.26 Å². The predicted molar refractivity (Wildman–Crippen MR) is 46.0 cm³/mol. The molecule has 0 spiro atoms. The molecule has 0 aliphatic carbocycles. The van der Waals surface area contributed by atoms with Crippen molar-refractivity contribution in [3.05, 3.63) is 24.3 Å². The zero-order valence-corrected chi connectivity index (χ0v) is 11.0. The Hall–Kier alpha value is 0.503. The van der Waals surface area contributed by atoms with Gasteiger partial charge in [0.25, 0.3) is 0 Å². The maximum absolute atomic E-state index is 10.8. The zero-order valence-electron chi connectivity index (χ0n) is 6.28. The van der Waals surface area contributed by atoms with E-state index in [0.717, 1.165) is 9.79 Å². The SMILES string of the molecule is C[S+]([O-])c1ccc(S)cc1.[Zn]. The van der Waals surface area contributed by atoms with Crippen LogP contribution in [-0.4, -0.2) is 10.8 Å². The summed E-state index contributed by atoms with van der Waals surface area (Å²) in [5, 5.41) is 0. The van der Waals surface area contributed by atoms with E-state index < -0.39 is 11.2 Å². The van der Waals surface area contributed by atoms with Gasteiger partial charge < -0.3 is 4.55 Å². The van der Waals surface area contributed by atoms with Crippen LogP contribution in [-0.2, 0) is 30.7 Å². The smallest absolute Gasteiger partial charge is 0.152 e. The minimum atomic E-state index is -0.871. The van der Waals surface area contributed by atoms with Crippen LogP contribution in [0.5, 0.6) is 0 Å². The Kier molecular flexibility index (Phi) is 5.44. The van der Waals surface area contributed by atoms with Gasteiger partial charge in [-0.2, -0.15) is 0 Å². The molecule has 0 heterocycles. The van der Waals surface area contributed by atoms with Crippen LogP contribution >= 0.6 is 12.6 Å². The molecular formula is C7H8OS2Zn. The van der Waals surface area contributed by atoms with Crippen LogP contribution in [0.3, 0.4) is 0 Å². The van der Waals surface area contributed by atoms with Crippen molar-refractivity contribution >= 4 is 23.8 Å². The molecule has 1 rings (SSSR count). The molecule has 0 bridgehead atoms. The first-order valence-electron chi connectivity index (χ1n) is 2.82. The summed E-state index contributed by atoms with van der Waals surface area (Å²) >= 11 is 3.23. The van der Waals surface area contributed by atoms with Crippen LogP contribution in [0.25, 0.3) is 0 Å². The first kappa shape index (κ1) is 11.5. The largest absolute Gasteiger partial charge is 0.612 e. The molecule has 1 aromatic rings. The van der Waals surface area contributed by atoms with Crippen LogP contribution in [0.1, 0.15) is 0 Å². The molecule has 56 valence electrons. The molecule has 4 heteroatoms. The Bertz CT molecular complexity index is 210. The molecule has 1 aromatic carbocycles. The van der Waals surface area contributed by atoms with Crippen molar-refractivity contribution in [1.82, 2.24) is 0 Å². The van der Waals surface area contributed by atoms with Gasteiger partial charge in [-0.1, -0.05) is 0 Å². The van der Waals surface area contributed by atoms with E-state index in [-0.39, 0.29) is 19.5 Å². The maximum atomic E-state index is 10.8. The number of hydrogen-bond donors (Lipinski definition) is 1. The average Bonchev–Trinajstić information content (AvgIpc) is 1.88. The molecule has 1 atom stereocenters. The zero-order chi connectivity index (χ0) is 7.56. The van der Waals surface area contributed by atoms with Crippen LogP contribution in [0.2, 0.25) is 0 Å². The Morgan fingerprint density at radius 3 is 2.09 bits per heavy atom. The summed E-state index contributed by atoms with van der Waals surface area (Å²) in [5.74, 6) is 0. The predicted octanol–water partition coefficient (Wildman–Crippen LogP) is 1.71. The molecular weight excluding hydrogens is 230 g/mol. The van der Waals surface area contributed by atoms with E-state index in [0.29, 0.717) is 0 Å². The summed E-state index contributed by atoms with van der Waals surface area (Å²) in [7, 11) is 0. The quantitative estimate of drug-likeness (QED) is 0.449. The first-order valence-corrected chi connectivity index (χ1v) is 4.83. The molecule has 11 heavy (non-hydrogen) atoms. The van der Waals surface area contributed by atoms with Crippen molar-refractivity contribution in [2.24, 2.45) is 0 Å². The second-order valence-electron chi connectivity index (χ2n) is 1.95. The third-order valence-electron chi connectivity index (χ3n) is 1.17. The standard InChI is InChI=1S/C7H8OS2.Zn/c1-10(8)7-4-2-6(9)3-5-7;/h2-5,9H,1H3;. The molecule has 0 fully saturated rings. The van der Waals surface area contributed by atoms with E-state index in [4.69, 9.17) is 0 Å². The number of hydrogen-bond acceptors (Lipinski definition) is 2. The molecule has 1 unspecified atom stereocenters.